The van der Waals surface area contributed by atoms with E-state index in [1.165, 1.54) is 51.4 Å². The van der Waals surface area contributed by atoms with Gasteiger partial charge in [-0.25, -0.2) is 8.78 Å². The Bertz CT molecular complexity index is 705. The number of hydrogen-bond donors (Lipinski definition) is 0. The Morgan fingerprint density at radius 2 is 1.28 bits per heavy atom. The van der Waals surface area contributed by atoms with E-state index >= 15 is 0 Å². The number of benzene rings is 1. The molecule has 2 saturated carbocycles. The topological polar surface area (TPSA) is 9.23 Å². The highest BCUT2D eigenvalue weighted by Crippen LogP contribution is 2.40. The van der Waals surface area contributed by atoms with E-state index in [1.54, 1.807) is 0 Å². The SMILES string of the molecule is C=CCC1CCC(CCCCC2CCC(c3cc(F)c(OC(F)(F)F)c(F)c3)CC2)CC1. The van der Waals surface area contributed by atoms with Crippen LogP contribution in [0.2, 0.25) is 0 Å². The van der Waals surface area contributed by atoms with Crippen LogP contribution in [0.3, 0.4) is 0 Å². The van der Waals surface area contributed by atoms with Gasteiger partial charge in [-0.3, -0.25) is 0 Å². The Morgan fingerprint density at radius 1 is 0.812 bits per heavy atom. The molecule has 0 unspecified atom stereocenters. The molecule has 0 spiro atoms. The number of allylic oxidation sites excluding steroid dienone is 1. The normalized spacial score (nSPS) is 26.7. The Balaban J connectivity index is 1.37. The molecule has 0 radical (unpaired) electrons. The largest absolute Gasteiger partial charge is 0.573 e. The summed E-state index contributed by atoms with van der Waals surface area (Å²) < 4.78 is 68.5. The van der Waals surface area contributed by atoms with E-state index in [2.05, 4.69) is 11.3 Å². The molecular weight excluding hydrogens is 423 g/mol. The quantitative estimate of drug-likeness (QED) is 0.204. The minimum Gasteiger partial charge on any atom is -0.399 e. The fraction of sp³-hybridized carbons (Fsp3) is 0.692. The number of unbranched alkanes of at least 4 members (excludes halogenated alkanes) is 1. The monoisotopic (exact) mass is 458 g/mol. The molecule has 1 aromatic rings. The average molecular weight is 459 g/mol. The van der Waals surface area contributed by atoms with Crippen molar-refractivity contribution in [3.05, 3.63) is 42.0 Å². The van der Waals surface area contributed by atoms with E-state index in [9.17, 15) is 22.0 Å². The van der Waals surface area contributed by atoms with Crippen LogP contribution >= 0.6 is 0 Å². The summed E-state index contributed by atoms with van der Waals surface area (Å²) in [5.74, 6) is -1.62. The molecule has 0 N–H and O–H groups in total. The Kier molecular flexibility index (Phi) is 9.01. The summed E-state index contributed by atoms with van der Waals surface area (Å²) in [5.41, 5.74) is 0.431. The van der Waals surface area contributed by atoms with Crippen LogP contribution in [0, 0.1) is 29.4 Å². The molecule has 1 aromatic carbocycles. The van der Waals surface area contributed by atoms with E-state index in [0.29, 0.717) is 11.5 Å². The second kappa shape index (κ2) is 11.5. The van der Waals surface area contributed by atoms with Crippen LogP contribution in [0.25, 0.3) is 0 Å². The summed E-state index contributed by atoms with van der Waals surface area (Å²) >= 11 is 0. The maximum absolute atomic E-state index is 14.0. The first kappa shape index (κ1) is 25.0. The maximum atomic E-state index is 14.0. The Labute approximate surface area is 188 Å². The van der Waals surface area contributed by atoms with Crippen molar-refractivity contribution in [2.24, 2.45) is 17.8 Å². The lowest BCUT2D eigenvalue weighted by molar-refractivity contribution is -0.276. The molecule has 2 aliphatic rings. The predicted octanol–water partition coefficient (Wildman–Crippen LogP) is 9.08. The van der Waals surface area contributed by atoms with Gasteiger partial charge in [0.05, 0.1) is 0 Å². The zero-order valence-corrected chi connectivity index (χ0v) is 18.7. The predicted molar refractivity (Wildman–Crippen MR) is 116 cm³/mol. The van der Waals surface area contributed by atoms with Crippen molar-refractivity contribution in [1.82, 2.24) is 0 Å². The number of ether oxygens (including phenoxy) is 1. The number of halogens is 5. The van der Waals surface area contributed by atoms with Crippen molar-refractivity contribution in [1.29, 1.82) is 0 Å². The van der Waals surface area contributed by atoms with Gasteiger partial charge >= 0.3 is 6.36 Å². The molecule has 32 heavy (non-hydrogen) atoms. The van der Waals surface area contributed by atoms with Gasteiger partial charge in [0.1, 0.15) is 0 Å². The third-order valence-corrected chi connectivity index (χ3v) is 7.50. The second-order valence-electron chi connectivity index (χ2n) is 9.77. The van der Waals surface area contributed by atoms with Gasteiger partial charge in [-0.1, -0.05) is 44.6 Å². The molecule has 0 heterocycles. The zero-order chi connectivity index (χ0) is 23.1. The molecule has 6 heteroatoms. The molecule has 3 rings (SSSR count). The highest BCUT2D eigenvalue weighted by molar-refractivity contribution is 5.33. The van der Waals surface area contributed by atoms with E-state index in [4.69, 9.17) is 0 Å². The molecule has 180 valence electrons. The molecular formula is C26H35F5O. The van der Waals surface area contributed by atoms with Crippen LogP contribution < -0.4 is 4.74 Å². The van der Waals surface area contributed by atoms with Crippen LogP contribution in [0.1, 0.15) is 95.0 Å². The smallest absolute Gasteiger partial charge is 0.399 e. The lowest BCUT2D eigenvalue weighted by Gasteiger charge is -2.30. The van der Waals surface area contributed by atoms with Gasteiger partial charge in [0.2, 0.25) is 5.75 Å². The van der Waals surface area contributed by atoms with Crippen molar-refractivity contribution in [2.75, 3.05) is 0 Å². The standard InChI is InChI=1S/C26H35F5O/c1-2-5-18-8-10-19(11-9-18)6-3-4-7-20-12-14-21(15-13-20)22-16-23(27)25(24(28)17-22)32-26(29,30)31/h2,16-21H,1,3-15H2. The highest BCUT2D eigenvalue weighted by Gasteiger charge is 2.34. The van der Waals surface area contributed by atoms with Crippen molar-refractivity contribution < 1.29 is 26.7 Å². The first-order valence-electron chi connectivity index (χ1n) is 12.1. The van der Waals surface area contributed by atoms with Gasteiger partial charge in [-0.05, 0) is 86.3 Å². The second-order valence-corrected chi connectivity index (χ2v) is 9.77. The van der Waals surface area contributed by atoms with Crippen molar-refractivity contribution in [3.63, 3.8) is 0 Å². The first-order valence-corrected chi connectivity index (χ1v) is 12.1. The summed E-state index contributed by atoms with van der Waals surface area (Å²) in [6, 6.07) is 2.00. The fourth-order valence-electron chi connectivity index (χ4n) is 5.67. The van der Waals surface area contributed by atoms with Crippen LogP contribution in [-0.2, 0) is 0 Å². The maximum Gasteiger partial charge on any atom is 0.573 e. The average Bonchev–Trinajstić information content (AvgIpc) is 2.75. The van der Waals surface area contributed by atoms with Crippen LogP contribution in [0.4, 0.5) is 22.0 Å². The summed E-state index contributed by atoms with van der Waals surface area (Å²) in [5, 5.41) is 0. The fourth-order valence-corrected chi connectivity index (χ4v) is 5.67. The molecule has 2 fully saturated rings. The van der Waals surface area contributed by atoms with Crippen molar-refractivity contribution in [3.8, 4) is 5.75 Å². The third kappa shape index (κ3) is 7.48. The minimum atomic E-state index is -5.12. The molecule has 0 aliphatic heterocycles. The van der Waals surface area contributed by atoms with Crippen molar-refractivity contribution in [2.45, 2.75) is 95.8 Å². The van der Waals surface area contributed by atoms with E-state index < -0.39 is 23.7 Å². The van der Waals surface area contributed by atoms with Crippen molar-refractivity contribution >= 4 is 0 Å². The van der Waals surface area contributed by atoms with Gasteiger partial charge in [-0.2, -0.15) is 0 Å². The van der Waals surface area contributed by atoms with Gasteiger partial charge in [0, 0.05) is 0 Å². The van der Waals surface area contributed by atoms with Gasteiger partial charge in [0.25, 0.3) is 0 Å². The molecule has 0 aromatic heterocycles. The molecule has 2 aliphatic carbocycles. The molecule has 0 saturated heterocycles. The van der Waals surface area contributed by atoms with Crippen LogP contribution in [0.5, 0.6) is 5.75 Å². The number of alkyl halides is 3. The molecule has 0 amide bonds. The lowest BCUT2D eigenvalue weighted by Crippen LogP contribution is -2.19. The summed E-state index contributed by atoms with van der Waals surface area (Å²) in [4.78, 5) is 0. The molecule has 0 atom stereocenters. The summed E-state index contributed by atoms with van der Waals surface area (Å²) in [7, 11) is 0. The Hall–Kier alpha value is -1.59. The summed E-state index contributed by atoms with van der Waals surface area (Å²) in [6.45, 7) is 3.85. The minimum absolute atomic E-state index is 0.0130. The van der Waals surface area contributed by atoms with Crippen LogP contribution in [-0.4, -0.2) is 6.36 Å². The van der Waals surface area contributed by atoms with Gasteiger partial charge in [-0.15, -0.1) is 19.8 Å². The zero-order valence-electron chi connectivity index (χ0n) is 18.7. The lowest BCUT2D eigenvalue weighted by atomic mass is 9.76. The van der Waals surface area contributed by atoms with Gasteiger partial charge < -0.3 is 4.74 Å². The number of hydrogen-bond acceptors (Lipinski definition) is 1. The number of rotatable bonds is 9. The molecule has 0 bridgehead atoms. The van der Waals surface area contributed by atoms with Crippen LogP contribution in [0.15, 0.2) is 24.8 Å². The highest BCUT2D eigenvalue weighted by atomic mass is 19.4. The first-order chi connectivity index (χ1) is 15.2. The summed E-state index contributed by atoms with van der Waals surface area (Å²) in [6.07, 6.45) is 12.1. The third-order valence-electron chi connectivity index (χ3n) is 7.50. The van der Waals surface area contributed by atoms with Gasteiger partial charge in [0.15, 0.2) is 11.6 Å². The molecule has 1 nitrogen and oxygen atoms in total. The van der Waals surface area contributed by atoms with E-state index in [-0.39, 0.29) is 5.92 Å². The Morgan fingerprint density at radius 3 is 1.75 bits per heavy atom. The van der Waals surface area contributed by atoms with E-state index in [0.717, 1.165) is 56.1 Å². The van der Waals surface area contributed by atoms with E-state index in [1.807, 2.05) is 6.08 Å².